The number of rotatable bonds is 5. The summed E-state index contributed by atoms with van der Waals surface area (Å²) in [5.41, 5.74) is 1.89. The fraction of sp³-hybridized carbons (Fsp3) is 0.500. The Hall–Kier alpha value is -2.21. The number of aliphatic imine (C=N–C) groups is 1. The van der Waals surface area contributed by atoms with Crippen LogP contribution >= 0.6 is 0 Å². The van der Waals surface area contributed by atoms with E-state index in [-0.39, 0.29) is 6.04 Å². The molecule has 132 valence electrons. The molecule has 6 heteroatoms. The molecule has 1 aromatic carbocycles. The molecule has 2 rings (SSSR count). The van der Waals surface area contributed by atoms with Crippen molar-refractivity contribution in [1.82, 2.24) is 4.90 Å². The molecule has 0 bridgehead atoms. The number of likely N-dealkylation sites (N-methyl/N-ethyl adjacent to an activating group) is 1. The minimum atomic E-state index is -0.827. The molecule has 1 aliphatic rings. The fourth-order valence-corrected chi connectivity index (χ4v) is 2.53. The third-order valence-electron chi connectivity index (χ3n) is 3.71. The molecule has 1 heterocycles. The van der Waals surface area contributed by atoms with Crippen molar-refractivity contribution in [1.29, 1.82) is 0 Å². The first-order chi connectivity index (χ1) is 11.4. The number of aliphatic hydroxyl groups excluding tert-OH is 1. The lowest BCUT2D eigenvalue weighted by molar-refractivity contribution is 0.0983. The van der Waals surface area contributed by atoms with Crippen LogP contribution in [0.1, 0.15) is 26.3 Å². The number of nitrogens with zero attached hydrogens (tertiary/aromatic N) is 3. The van der Waals surface area contributed by atoms with Crippen molar-refractivity contribution in [3.05, 3.63) is 29.5 Å². The highest BCUT2D eigenvalue weighted by molar-refractivity contribution is 5.80. The van der Waals surface area contributed by atoms with Gasteiger partial charge < -0.3 is 19.5 Å². The summed E-state index contributed by atoms with van der Waals surface area (Å²) in [5.74, 6) is 1.24. The highest BCUT2D eigenvalue weighted by atomic mass is 16.5. The van der Waals surface area contributed by atoms with Gasteiger partial charge in [0.1, 0.15) is 5.75 Å². The highest BCUT2D eigenvalue weighted by Gasteiger charge is 2.33. The molecule has 0 spiro atoms. The lowest BCUT2D eigenvalue weighted by Gasteiger charge is -2.17. The summed E-state index contributed by atoms with van der Waals surface area (Å²) in [7, 11) is 5.58. The number of ether oxygens (including phenoxy) is 2. The number of anilines is 1. The van der Waals surface area contributed by atoms with E-state index in [1.54, 1.807) is 12.0 Å². The van der Waals surface area contributed by atoms with Crippen LogP contribution in [-0.2, 0) is 4.74 Å². The van der Waals surface area contributed by atoms with Crippen molar-refractivity contribution in [3.8, 4) is 5.75 Å². The minimum absolute atomic E-state index is 0.0973. The van der Waals surface area contributed by atoms with Gasteiger partial charge in [-0.1, -0.05) is 6.07 Å². The van der Waals surface area contributed by atoms with Gasteiger partial charge in [-0.2, -0.15) is 0 Å². The second-order valence-electron chi connectivity index (χ2n) is 6.14. The summed E-state index contributed by atoms with van der Waals surface area (Å²) in [5, 5.41) is 10.5. The Morgan fingerprint density at radius 1 is 1.42 bits per heavy atom. The summed E-state index contributed by atoms with van der Waals surface area (Å²) >= 11 is 0. The first-order valence-corrected chi connectivity index (χ1v) is 8.14. The maximum absolute atomic E-state index is 10.5. The van der Waals surface area contributed by atoms with Crippen molar-refractivity contribution in [2.24, 2.45) is 4.99 Å². The molecule has 1 N–H and O–H groups in total. The first kappa shape index (κ1) is 18.1. The average molecular weight is 333 g/mol. The van der Waals surface area contributed by atoms with E-state index in [4.69, 9.17) is 9.47 Å². The quantitative estimate of drug-likeness (QED) is 0.897. The zero-order valence-electron chi connectivity index (χ0n) is 15.3. The van der Waals surface area contributed by atoms with E-state index >= 15 is 0 Å². The molecule has 1 saturated heterocycles. The van der Waals surface area contributed by atoms with Crippen LogP contribution < -0.4 is 9.64 Å². The number of aliphatic hydroxyl groups is 1. The predicted molar refractivity (Wildman–Crippen MR) is 97.3 cm³/mol. The fourth-order valence-electron chi connectivity index (χ4n) is 2.53. The summed E-state index contributed by atoms with van der Waals surface area (Å²) < 4.78 is 11.2. The normalized spacial score (nSPS) is 20.8. The molecular formula is C18H27N3O3. The van der Waals surface area contributed by atoms with Crippen LogP contribution in [0.2, 0.25) is 0 Å². The Balaban J connectivity index is 2.34. The van der Waals surface area contributed by atoms with Gasteiger partial charge >= 0.3 is 0 Å². The van der Waals surface area contributed by atoms with E-state index in [2.05, 4.69) is 4.99 Å². The smallest absolute Gasteiger partial charge is 0.295 e. The third kappa shape index (κ3) is 3.82. The van der Waals surface area contributed by atoms with E-state index < -0.39 is 6.23 Å². The van der Waals surface area contributed by atoms with Gasteiger partial charge in [0.05, 0.1) is 12.8 Å². The monoisotopic (exact) mass is 333 g/mol. The van der Waals surface area contributed by atoms with E-state index in [1.165, 1.54) is 0 Å². The summed E-state index contributed by atoms with van der Waals surface area (Å²) in [6, 6.07) is 6.43. The van der Waals surface area contributed by atoms with Gasteiger partial charge in [0.25, 0.3) is 6.02 Å². The van der Waals surface area contributed by atoms with Crippen molar-refractivity contribution >= 4 is 17.8 Å². The molecule has 1 aliphatic heterocycles. The number of hydrogen-bond donors (Lipinski definition) is 1. The third-order valence-corrected chi connectivity index (χ3v) is 3.71. The lowest BCUT2D eigenvalue weighted by atomic mass is 10.1. The van der Waals surface area contributed by atoms with Gasteiger partial charge in [-0.25, -0.2) is 4.99 Å². The Labute approximate surface area is 144 Å². The zero-order valence-corrected chi connectivity index (χ0v) is 15.3. The van der Waals surface area contributed by atoms with Crippen LogP contribution in [0.5, 0.6) is 5.75 Å². The predicted octanol–water partition coefficient (Wildman–Crippen LogP) is 2.54. The molecule has 1 unspecified atom stereocenters. The van der Waals surface area contributed by atoms with E-state index in [1.807, 2.05) is 64.0 Å². The standard InChI is InChI=1S/C18H27N3O3/c1-7-21-17(22)16(24-18(21)19-12(2)3)11-13-8-9-14(20(4)5)15(10-13)23-6/h8-12,17,22H,7H2,1-6H3/b16-11+,19-18?. The molecule has 1 atom stereocenters. The van der Waals surface area contributed by atoms with Crippen LogP contribution in [0.4, 0.5) is 5.69 Å². The summed E-state index contributed by atoms with van der Waals surface area (Å²) in [4.78, 5) is 8.15. The average Bonchev–Trinajstić information content (AvgIpc) is 2.81. The summed E-state index contributed by atoms with van der Waals surface area (Å²) in [6.07, 6.45) is 0.991. The molecule has 6 nitrogen and oxygen atoms in total. The van der Waals surface area contributed by atoms with Crippen LogP contribution in [0.3, 0.4) is 0 Å². The molecule has 1 aromatic rings. The van der Waals surface area contributed by atoms with Crippen LogP contribution in [0.15, 0.2) is 29.0 Å². The van der Waals surface area contributed by atoms with Gasteiger partial charge in [0, 0.05) is 26.7 Å². The molecule has 24 heavy (non-hydrogen) atoms. The largest absolute Gasteiger partial charge is 0.495 e. The van der Waals surface area contributed by atoms with Gasteiger partial charge in [0.2, 0.25) is 0 Å². The van der Waals surface area contributed by atoms with Crippen molar-refractivity contribution < 1.29 is 14.6 Å². The second-order valence-corrected chi connectivity index (χ2v) is 6.14. The van der Waals surface area contributed by atoms with Gasteiger partial charge in [-0.15, -0.1) is 0 Å². The molecule has 0 aromatic heterocycles. The van der Waals surface area contributed by atoms with Crippen LogP contribution in [-0.4, -0.2) is 56.0 Å². The van der Waals surface area contributed by atoms with E-state index in [0.717, 1.165) is 17.0 Å². The molecule has 0 radical (unpaired) electrons. The Bertz CT molecular complexity index is 638. The molecule has 1 fully saturated rings. The number of amidine groups is 1. The molecule has 0 aliphatic carbocycles. The van der Waals surface area contributed by atoms with Gasteiger partial charge in [-0.3, -0.25) is 4.90 Å². The van der Waals surface area contributed by atoms with Crippen molar-refractivity contribution in [2.75, 3.05) is 32.6 Å². The highest BCUT2D eigenvalue weighted by Crippen LogP contribution is 2.30. The van der Waals surface area contributed by atoms with Crippen LogP contribution in [0.25, 0.3) is 6.08 Å². The maximum atomic E-state index is 10.5. The number of benzene rings is 1. The Morgan fingerprint density at radius 3 is 2.67 bits per heavy atom. The molecule has 0 amide bonds. The maximum Gasteiger partial charge on any atom is 0.295 e. The lowest BCUT2D eigenvalue weighted by Crippen LogP contribution is -2.33. The topological polar surface area (TPSA) is 57.5 Å². The van der Waals surface area contributed by atoms with E-state index in [9.17, 15) is 5.11 Å². The van der Waals surface area contributed by atoms with Gasteiger partial charge in [-0.05, 0) is 44.5 Å². The van der Waals surface area contributed by atoms with E-state index in [0.29, 0.717) is 18.3 Å². The van der Waals surface area contributed by atoms with Crippen molar-refractivity contribution in [3.63, 3.8) is 0 Å². The second kappa shape index (κ2) is 7.57. The Kier molecular flexibility index (Phi) is 5.72. The van der Waals surface area contributed by atoms with Gasteiger partial charge in [0.15, 0.2) is 12.0 Å². The number of hydrogen-bond acceptors (Lipinski definition) is 5. The Morgan fingerprint density at radius 2 is 2.12 bits per heavy atom. The first-order valence-electron chi connectivity index (χ1n) is 8.14. The molecular weight excluding hydrogens is 306 g/mol. The molecule has 0 saturated carbocycles. The SMILES string of the molecule is CCN1C(=NC(C)C)O/C(=C/c2ccc(N(C)C)c(OC)c2)C1O. The number of methoxy groups -OCH3 is 1. The summed E-state index contributed by atoms with van der Waals surface area (Å²) in [6.45, 7) is 6.53. The minimum Gasteiger partial charge on any atom is -0.495 e. The van der Waals surface area contributed by atoms with Crippen LogP contribution in [0, 0.1) is 0 Å². The van der Waals surface area contributed by atoms with Crippen molar-refractivity contribution in [2.45, 2.75) is 33.0 Å². The zero-order chi connectivity index (χ0) is 17.9.